The summed E-state index contributed by atoms with van der Waals surface area (Å²) < 4.78 is 0. The van der Waals surface area contributed by atoms with Crippen LogP contribution >= 0.6 is 0 Å². The monoisotopic (exact) mass is 109 g/mol. The topological polar surface area (TPSA) is 0 Å². The highest BCUT2D eigenvalue weighted by Gasteiger charge is 1.88. The second-order valence-electron chi connectivity index (χ2n) is 2.13. The lowest BCUT2D eigenvalue weighted by Gasteiger charge is -1.97. The van der Waals surface area contributed by atoms with Gasteiger partial charge in [-0.1, -0.05) is 31.2 Å². The van der Waals surface area contributed by atoms with Crippen LogP contribution in [0.5, 0.6) is 0 Å². The average molecular weight is 109 g/mol. The van der Waals surface area contributed by atoms with Crippen molar-refractivity contribution in [3.63, 3.8) is 0 Å². The maximum absolute atomic E-state index is 5.42. The van der Waals surface area contributed by atoms with Crippen LogP contribution in [-0.2, 0) is 0 Å². The minimum atomic E-state index is 0.885. The van der Waals surface area contributed by atoms with Gasteiger partial charge >= 0.3 is 0 Å². The van der Waals surface area contributed by atoms with E-state index in [1.165, 1.54) is 5.57 Å². The summed E-state index contributed by atoms with van der Waals surface area (Å²) in [6, 6.07) is 0. The lowest BCUT2D eigenvalue weighted by atomic mass is 10.1. The largest absolute Gasteiger partial charge is 0.0995 e. The van der Waals surface area contributed by atoms with E-state index in [0.717, 1.165) is 18.4 Å². The van der Waals surface area contributed by atoms with Crippen LogP contribution in [0.4, 0.5) is 0 Å². The van der Waals surface area contributed by atoms with Crippen molar-refractivity contribution < 1.29 is 0 Å². The van der Waals surface area contributed by atoms with Crippen molar-refractivity contribution in [2.75, 3.05) is 0 Å². The summed E-state index contributed by atoms with van der Waals surface area (Å²) in [7, 11) is 0. The minimum absolute atomic E-state index is 0.885. The van der Waals surface area contributed by atoms with Gasteiger partial charge in [0, 0.05) is 0 Å². The summed E-state index contributed by atoms with van der Waals surface area (Å²) in [5.74, 6) is 0. The molecule has 0 saturated carbocycles. The van der Waals surface area contributed by atoms with E-state index in [-0.39, 0.29) is 0 Å². The molecule has 0 atom stereocenters. The summed E-state index contributed by atoms with van der Waals surface area (Å²) in [6.45, 7) is 13.2. The summed E-state index contributed by atoms with van der Waals surface area (Å²) >= 11 is 0. The van der Waals surface area contributed by atoms with E-state index in [4.69, 9.17) is 6.58 Å². The van der Waals surface area contributed by atoms with Crippen LogP contribution in [0.1, 0.15) is 26.7 Å². The van der Waals surface area contributed by atoms with Crippen LogP contribution in [0.25, 0.3) is 0 Å². The first-order valence-corrected chi connectivity index (χ1v) is 2.91. The predicted molar refractivity (Wildman–Crippen MR) is 37.5 cm³/mol. The van der Waals surface area contributed by atoms with Crippen molar-refractivity contribution in [2.24, 2.45) is 0 Å². The normalized spacial score (nSPS) is 8.75. The molecule has 0 bridgehead atoms. The van der Waals surface area contributed by atoms with Gasteiger partial charge in [-0.2, -0.15) is 0 Å². The summed E-state index contributed by atoms with van der Waals surface area (Å²) in [5.41, 5.74) is 2.17. The summed E-state index contributed by atoms with van der Waals surface area (Å²) in [6.07, 6.45) is 1.92. The van der Waals surface area contributed by atoms with Crippen molar-refractivity contribution in [2.45, 2.75) is 26.7 Å². The van der Waals surface area contributed by atoms with Gasteiger partial charge in [0.1, 0.15) is 0 Å². The van der Waals surface area contributed by atoms with E-state index in [9.17, 15) is 0 Å². The van der Waals surface area contributed by atoms with E-state index in [0.29, 0.717) is 0 Å². The maximum Gasteiger partial charge on any atom is -0.0111 e. The molecular formula is C8H13. The van der Waals surface area contributed by atoms with Crippen LogP contribution in [-0.4, -0.2) is 0 Å². The van der Waals surface area contributed by atoms with Gasteiger partial charge in [0.2, 0.25) is 0 Å². The molecule has 0 spiro atoms. The van der Waals surface area contributed by atoms with E-state index in [1.807, 2.05) is 6.92 Å². The Morgan fingerprint density at radius 1 is 1.62 bits per heavy atom. The standard InChI is InChI=1S/C8H13/c1-5-8(4)6-7(2)3/h2H,4-6H2,1,3H3. The molecule has 0 heterocycles. The molecule has 0 N–H and O–H groups in total. The highest BCUT2D eigenvalue weighted by Crippen LogP contribution is 2.08. The van der Waals surface area contributed by atoms with Crippen LogP contribution in [0.15, 0.2) is 17.7 Å². The number of hydrogen-bond donors (Lipinski definition) is 0. The Morgan fingerprint density at radius 3 is 2.25 bits per heavy atom. The van der Waals surface area contributed by atoms with Gasteiger partial charge in [-0.3, -0.25) is 0 Å². The van der Waals surface area contributed by atoms with Crippen molar-refractivity contribution in [3.8, 4) is 0 Å². The molecule has 0 saturated heterocycles. The van der Waals surface area contributed by atoms with Crippen LogP contribution in [0.2, 0.25) is 0 Å². The molecular weight excluding hydrogens is 96.1 g/mol. The van der Waals surface area contributed by atoms with Gasteiger partial charge in [0.15, 0.2) is 0 Å². The van der Waals surface area contributed by atoms with Crippen molar-refractivity contribution in [1.29, 1.82) is 0 Å². The minimum Gasteiger partial charge on any atom is -0.0995 e. The molecule has 0 amide bonds. The Balaban J connectivity index is 3.40. The molecule has 0 nitrogen and oxygen atoms in total. The summed E-state index contributed by atoms with van der Waals surface area (Å²) in [5, 5.41) is 0. The number of allylic oxidation sites excluding steroid dienone is 2. The SMILES string of the molecule is [CH]=C(C)CC(=C)CC. The van der Waals surface area contributed by atoms with E-state index in [1.54, 1.807) is 0 Å². The maximum atomic E-state index is 5.42. The fourth-order valence-corrected chi connectivity index (χ4v) is 0.519. The zero-order chi connectivity index (χ0) is 6.57. The van der Waals surface area contributed by atoms with Crippen molar-refractivity contribution >= 4 is 0 Å². The molecule has 0 heteroatoms. The Hall–Kier alpha value is -0.520. The van der Waals surface area contributed by atoms with Gasteiger partial charge in [0.05, 0.1) is 0 Å². The average Bonchev–Trinajstić information content (AvgIpc) is 1.65. The Bertz CT molecular complexity index is 98.6. The van der Waals surface area contributed by atoms with Gasteiger partial charge < -0.3 is 0 Å². The van der Waals surface area contributed by atoms with Gasteiger partial charge in [0.25, 0.3) is 0 Å². The first-order chi connectivity index (χ1) is 3.66. The molecule has 0 aromatic rings. The molecule has 0 aliphatic carbocycles. The van der Waals surface area contributed by atoms with Crippen molar-refractivity contribution in [3.05, 3.63) is 24.3 Å². The van der Waals surface area contributed by atoms with Crippen molar-refractivity contribution in [1.82, 2.24) is 0 Å². The smallest absolute Gasteiger partial charge is 0.0111 e. The van der Waals surface area contributed by atoms with Crippen LogP contribution in [0, 0.1) is 6.58 Å². The third-order valence-corrected chi connectivity index (χ3v) is 1.03. The summed E-state index contributed by atoms with van der Waals surface area (Å²) in [4.78, 5) is 0. The van der Waals surface area contributed by atoms with Crippen LogP contribution < -0.4 is 0 Å². The Labute approximate surface area is 51.9 Å². The molecule has 0 aromatic heterocycles. The third kappa shape index (κ3) is 3.66. The van der Waals surface area contributed by atoms with E-state index in [2.05, 4.69) is 13.5 Å². The second-order valence-corrected chi connectivity index (χ2v) is 2.13. The third-order valence-electron chi connectivity index (χ3n) is 1.03. The highest BCUT2D eigenvalue weighted by atomic mass is 13.9. The van der Waals surface area contributed by atoms with Gasteiger partial charge in [-0.15, -0.1) is 0 Å². The zero-order valence-corrected chi connectivity index (χ0v) is 5.70. The second kappa shape index (κ2) is 3.48. The quantitative estimate of drug-likeness (QED) is 0.489. The molecule has 0 aliphatic heterocycles. The molecule has 1 radical (unpaired) electrons. The van der Waals surface area contributed by atoms with E-state index < -0.39 is 0 Å². The lowest BCUT2D eigenvalue weighted by molar-refractivity contribution is 1.000. The molecule has 0 aliphatic rings. The number of rotatable bonds is 3. The first-order valence-electron chi connectivity index (χ1n) is 2.91. The lowest BCUT2D eigenvalue weighted by Crippen LogP contribution is -1.78. The fraction of sp³-hybridized carbons (Fsp3) is 0.500. The predicted octanol–water partition coefficient (Wildman–Crippen LogP) is 2.72. The molecule has 0 rings (SSSR count). The fourth-order valence-electron chi connectivity index (χ4n) is 0.519. The van der Waals surface area contributed by atoms with Gasteiger partial charge in [-0.25, -0.2) is 0 Å². The molecule has 0 aromatic carbocycles. The molecule has 0 fully saturated rings. The molecule has 45 valence electrons. The highest BCUT2D eigenvalue weighted by molar-refractivity contribution is 5.04. The molecule has 8 heavy (non-hydrogen) atoms. The Kier molecular flexibility index (Phi) is 3.25. The first kappa shape index (κ1) is 7.48. The number of hydrogen-bond acceptors (Lipinski definition) is 0. The van der Waals surface area contributed by atoms with E-state index >= 15 is 0 Å². The Morgan fingerprint density at radius 2 is 2.12 bits per heavy atom. The molecule has 0 unspecified atom stereocenters. The zero-order valence-electron chi connectivity index (χ0n) is 5.70. The van der Waals surface area contributed by atoms with Gasteiger partial charge in [-0.05, 0) is 19.8 Å². The van der Waals surface area contributed by atoms with Crippen LogP contribution in [0.3, 0.4) is 0 Å².